The molecule has 1 amide bonds. The van der Waals surface area contributed by atoms with Crippen LogP contribution in [0.25, 0.3) is 0 Å². The minimum Gasteiger partial charge on any atom is -0.508 e. The number of rotatable bonds is 4. The van der Waals surface area contributed by atoms with E-state index in [1.807, 2.05) is 38.1 Å². The standard InChI is InChI=1S/C19H22ClN3O2/c1-11-3-5-13(6-4-11)10-21-19(25)17-9-16(22-23-17)14-8-15(20)12(2)7-18(14)24/h3-8,16-17,22-24H,9-10H2,1-2H3,(H,21,25). The third kappa shape index (κ3) is 4.12. The van der Waals surface area contributed by atoms with E-state index < -0.39 is 0 Å². The summed E-state index contributed by atoms with van der Waals surface area (Å²) >= 11 is 6.15. The molecule has 2 atom stereocenters. The zero-order valence-electron chi connectivity index (χ0n) is 14.3. The van der Waals surface area contributed by atoms with E-state index in [1.54, 1.807) is 12.1 Å². The largest absolute Gasteiger partial charge is 0.508 e. The second-order valence-corrected chi connectivity index (χ2v) is 6.90. The molecule has 1 saturated heterocycles. The van der Waals surface area contributed by atoms with Gasteiger partial charge in [-0.15, -0.1) is 0 Å². The van der Waals surface area contributed by atoms with E-state index in [0.29, 0.717) is 23.6 Å². The van der Waals surface area contributed by atoms with E-state index in [4.69, 9.17) is 11.6 Å². The van der Waals surface area contributed by atoms with Crippen LogP contribution in [0.2, 0.25) is 5.02 Å². The van der Waals surface area contributed by atoms with Crippen molar-refractivity contribution >= 4 is 17.5 Å². The van der Waals surface area contributed by atoms with Crippen molar-refractivity contribution in [2.24, 2.45) is 0 Å². The molecule has 2 aromatic rings. The number of nitrogens with one attached hydrogen (secondary N) is 3. The van der Waals surface area contributed by atoms with E-state index >= 15 is 0 Å². The Morgan fingerprint density at radius 2 is 1.96 bits per heavy atom. The lowest BCUT2D eigenvalue weighted by Crippen LogP contribution is -2.42. The monoisotopic (exact) mass is 359 g/mol. The number of aryl methyl sites for hydroxylation is 2. The van der Waals surface area contributed by atoms with Gasteiger partial charge in [-0.25, -0.2) is 10.9 Å². The summed E-state index contributed by atoms with van der Waals surface area (Å²) in [6.45, 7) is 4.36. The molecule has 1 heterocycles. The van der Waals surface area contributed by atoms with Crippen molar-refractivity contribution in [1.29, 1.82) is 0 Å². The Morgan fingerprint density at radius 1 is 1.24 bits per heavy atom. The van der Waals surface area contributed by atoms with Crippen LogP contribution >= 0.6 is 11.6 Å². The van der Waals surface area contributed by atoms with Gasteiger partial charge in [0.2, 0.25) is 5.91 Å². The molecule has 0 saturated carbocycles. The van der Waals surface area contributed by atoms with Crippen molar-refractivity contribution in [3.63, 3.8) is 0 Å². The van der Waals surface area contributed by atoms with Crippen molar-refractivity contribution in [2.45, 2.75) is 38.9 Å². The van der Waals surface area contributed by atoms with E-state index in [1.165, 1.54) is 5.56 Å². The van der Waals surface area contributed by atoms with Gasteiger partial charge in [0.1, 0.15) is 11.8 Å². The number of benzene rings is 2. The Bertz CT molecular complexity index is 777. The minimum absolute atomic E-state index is 0.0757. The highest BCUT2D eigenvalue weighted by Gasteiger charge is 2.31. The SMILES string of the molecule is Cc1ccc(CNC(=O)C2CC(c3cc(Cl)c(C)cc3O)NN2)cc1. The van der Waals surface area contributed by atoms with Gasteiger partial charge in [-0.3, -0.25) is 4.79 Å². The lowest BCUT2D eigenvalue weighted by atomic mass is 9.99. The van der Waals surface area contributed by atoms with Crippen molar-refractivity contribution in [3.05, 3.63) is 63.7 Å². The van der Waals surface area contributed by atoms with Gasteiger partial charge < -0.3 is 10.4 Å². The van der Waals surface area contributed by atoms with Gasteiger partial charge in [-0.05, 0) is 43.5 Å². The van der Waals surface area contributed by atoms with Gasteiger partial charge in [0.05, 0.1) is 6.04 Å². The summed E-state index contributed by atoms with van der Waals surface area (Å²) in [4.78, 5) is 12.4. The van der Waals surface area contributed by atoms with Crippen LogP contribution in [0.5, 0.6) is 5.75 Å². The maximum absolute atomic E-state index is 12.4. The summed E-state index contributed by atoms with van der Waals surface area (Å²) in [6, 6.07) is 10.9. The zero-order valence-corrected chi connectivity index (χ0v) is 15.0. The first-order chi connectivity index (χ1) is 11.9. The smallest absolute Gasteiger partial charge is 0.238 e. The molecule has 5 nitrogen and oxygen atoms in total. The van der Waals surface area contributed by atoms with Crippen molar-refractivity contribution in [2.75, 3.05) is 0 Å². The first-order valence-electron chi connectivity index (χ1n) is 8.27. The fourth-order valence-electron chi connectivity index (χ4n) is 2.91. The molecule has 6 heteroatoms. The van der Waals surface area contributed by atoms with E-state index in [2.05, 4.69) is 16.2 Å². The lowest BCUT2D eigenvalue weighted by Gasteiger charge is -2.13. The number of hydrogen-bond acceptors (Lipinski definition) is 4. The van der Waals surface area contributed by atoms with Crippen LogP contribution < -0.4 is 16.2 Å². The Labute approximate surface area is 152 Å². The number of hydrogen-bond donors (Lipinski definition) is 4. The summed E-state index contributed by atoms with van der Waals surface area (Å²) in [5, 5.41) is 13.7. The number of carbonyl (C=O) groups is 1. The van der Waals surface area contributed by atoms with Crippen LogP contribution in [0, 0.1) is 13.8 Å². The first kappa shape index (κ1) is 17.7. The minimum atomic E-state index is -0.366. The van der Waals surface area contributed by atoms with Crippen LogP contribution in [0.1, 0.15) is 34.7 Å². The van der Waals surface area contributed by atoms with Gasteiger partial charge in [-0.1, -0.05) is 41.4 Å². The molecule has 0 radical (unpaired) electrons. The summed E-state index contributed by atoms with van der Waals surface area (Å²) in [6.07, 6.45) is 0.534. The van der Waals surface area contributed by atoms with Crippen molar-refractivity contribution in [3.8, 4) is 5.75 Å². The van der Waals surface area contributed by atoms with Crippen molar-refractivity contribution < 1.29 is 9.90 Å². The van der Waals surface area contributed by atoms with Gasteiger partial charge >= 0.3 is 0 Å². The topological polar surface area (TPSA) is 73.4 Å². The fraction of sp³-hybridized carbons (Fsp3) is 0.316. The van der Waals surface area contributed by atoms with Gasteiger partial charge in [-0.2, -0.15) is 0 Å². The van der Waals surface area contributed by atoms with Crippen LogP contribution in [0.3, 0.4) is 0 Å². The molecule has 3 rings (SSSR count). The molecule has 1 aliphatic heterocycles. The second kappa shape index (κ2) is 7.44. The predicted molar refractivity (Wildman–Crippen MR) is 98.3 cm³/mol. The Morgan fingerprint density at radius 3 is 2.68 bits per heavy atom. The summed E-state index contributed by atoms with van der Waals surface area (Å²) < 4.78 is 0. The Balaban J connectivity index is 1.59. The Kier molecular flexibility index (Phi) is 5.27. The normalized spacial score (nSPS) is 19.8. The maximum Gasteiger partial charge on any atom is 0.238 e. The van der Waals surface area contributed by atoms with Crippen LogP contribution in [-0.4, -0.2) is 17.1 Å². The molecule has 2 aromatic carbocycles. The van der Waals surface area contributed by atoms with Gasteiger partial charge in [0, 0.05) is 17.1 Å². The third-order valence-electron chi connectivity index (χ3n) is 4.49. The van der Waals surface area contributed by atoms with E-state index in [0.717, 1.165) is 11.1 Å². The maximum atomic E-state index is 12.4. The first-order valence-corrected chi connectivity index (χ1v) is 8.65. The number of phenolic OH excluding ortho intramolecular Hbond substituents is 1. The second-order valence-electron chi connectivity index (χ2n) is 6.49. The van der Waals surface area contributed by atoms with E-state index in [-0.39, 0.29) is 23.7 Å². The van der Waals surface area contributed by atoms with Crippen molar-refractivity contribution in [1.82, 2.24) is 16.2 Å². The molecule has 25 heavy (non-hydrogen) atoms. The lowest BCUT2D eigenvalue weighted by molar-refractivity contribution is -0.123. The quantitative estimate of drug-likeness (QED) is 0.677. The highest BCUT2D eigenvalue weighted by atomic mass is 35.5. The summed E-state index contributed by atoms with van der Waals surface area (Å²) in [5.74, 6) is 0.107. The van der Waals surface area contributed by atoms with Crippen LogP contribution in [-0.2, 0) is 11.3 Å². The number of hydrazine groups is 1. The molecule has 0 aliphatic carbocycles. The third-order valence-corrected chi connectivity index (χ3v) is 4.90. The molecule has 1 aliphatic rings. The molecular formula is C19H22ClN3O2. The fourth-order valence-corrected chi connectivity index (χ4v) is 3.08. The average Bonchev–Trinajstić information content (AvgIpc) is 3.07. The van der Waals surface area contributed by atoms with Gasteiger partial charge in [0.25, 0.3) is 0 Å². The molecule has 2 unspecified atom stereocenters. The molecule has 0 bridgehead atoms. The molecule has 0 spiro atoms. The molecule has 0 aromatic heterocycles. The molecule has 132 valence electrons. The molecule has 1 fully saturated rings. The highest BCUT2D eigenvalue weighted by Crippen LogP contribution is 2.33. The summed E-state index contributed by atoms with van der Waals surface area (Å²) in [7, 11) is 0. The highest BCUT2D eigenvalue weighted by molar-refractivity contribution is 6.31. The zero-order chi connectivity index (χ0) is 18.0. The number of aromatic hydroxyl groups is 1. The van der Waals surface area contributed by atoms with Crippen LogP contribution in [0.15, 0.2) is 36.4 Å². The molecule has 4 N–H and O–H groups in total. The average molecular weight is 360 g/mol. The number of phenols is 1. The Hall–Kier alpha value is -2.08. The molecular weight excluding hydrogens is 338 g/mol. The number of halogens is 1. The predicted octanol–water partition coefficient (Wildman–Crippen LogP) is 2.89. The van der Waals surface area contributed by atoms with E-state index in [9.17, 15) is 9.90 Å². The van der Waals surface area contributed by atoms with Crippen LogP contribution in [0.4, 0.5) is 0 Å². The summed E-state index contributed by atoms with van der Waals surface area (Å²) in [5.41, 5.74) is 9.83. The van der Waals surface area contributed by atoms with Gasteiger partial charge in [0.15, 0.2) is 0 Å². The number of carbonyl (C=O) groups excluding carboxylic acids is 1. The number of amides is 1.